The van der Waals surface area contributed by atoms with Gasteiger partial charge in [-0.05, 0) is 20.8 Å². The number of hydrogen-bond acceptors (Lipinski definition) is 8. The highest BCUT2D eigenvalue weighted by Crippen LogP contribution is 2.71. The minimum Gasteiger partial charge on any atom is -0.324 e. The second kappa shape index (κ2) is 6.61. The molecule has 0 aliphatic rings. The molecule has 0 fully saturated rings. The van der Waals surface area contributed by atoms with Crippen molar-refractivity contribution >= 4 is 31.1 Å². The van der Waals surface area contributed by atoms with Crippen LogP contribution in [0.4, 0.5) is 0 Å². The first-order chi connectivity index (χ1) is 8.83. The second-order valence-corrected chi connectivity index (χ2v) is 11.2. The van der Waals surface area contributed by atoms with Gasteiger partial charge in [0.2, 0.25) is 0 Å². The summed E-state index contributed by atoms with van der Waals surface area (Å²) in [6, 6.07) is 0. The van der Waals surface area contributed by atoms with Gasteiger partial charge in [-0.2, -0.15) is 8.62 Å². The molecule has 0 heterocycles. The normalized spacial score (nSPS) is 24.4. The Morgan fingerprint density at radius 3 is 1.38 bits per heavy atom. The van der Waals surface area contributed by atoms with Gasteiger partial charge in [0.1, 0.15) is 0 Å². The topological polar surface area (TPSA) is 186 Å². The van der Waals surface area contributed by atoms with Gasteiger partial charge in [0.15, 0.2) is 0 Å². The molecule has 0 bridgehead atoms. The van der Waals surface area contributed by atoms with Crippen molar-refractivity contribution in [2.75, 3.05) is 6.66 Å². The highest BCUT2D eigenvalue weighted by molar-refractivity contribution is 7.70. The van der Waals surface area contributed by atoms with Gasteiger partial charge in [-0.1, -0.05) is 0 Å². The lowest BCUT2D eigenvalue weighted by atomic mass is 10.2. The second-order valence-electron chi connectivity index (χ2n) is 4.66. The van der Waals surface area contributed by atoms with Crippen LogP contribution in [0.2, 0.25) is 0 Å². The van der Waals surface area contributed by atoms with Crippen molar-refractivity contribution in [1.29, 1.82) is 0 Å². The van der Waals surface area contributed by atoms with Gasteiger partial charge < -0.3 is 19.6 Å². The van der Waals surface area contributed by atoms with Crippen molar-refractivity contribution in [2.45, 2.75) is 26.4 Å². The third-order valence-corrected chi connectivity index (χ3v) is 7.17. The molecule has 4 atom stereocenters. The van der Waals surface area contributed by atoms with Gasteiger partial charge in [-0.3, -0.25) is 9.09 Å². The zero-order valence-electron chi connectivity index (χ0n) is 11.3. The maximum absolute atomic E-state index is 11.4. The van der Waals surface area contributed by atoms with Crippen molar-refractivity contribution in [2.24, 2.45) is 0 Å². The van der Waals surface area contributed by atoms with Crippen LogP contribution in [-0.4, -0.2) is 31.8 Å². The Kier molecular flexibility index (Phi) is 6.80. The fraction of sp³-hybridized carbons (Fsp3) is 1.00. The number of rotatable bonds is 7. The minimum atomic E-state index is -5.62. The van der Waals surface area contributed by atoms with Gasteiger partial charge in [-0.25, -0.2) is 18.0 Å². The van der Waals surface area contributed by atoms with Crippen molar-refractivity contribution in [3.8, 4) is 0 Å². The molecule has 21 heavy (non-hydrogen) atoms. The van der Waals surface area contributed by atoms with E-state index >= 15 is 0 Å². The SMILES string of the molecule is CC(C)(C)OP(=O)(O)OP(=O)(O)OP(=O)(O)OP(C)(=O)O. The summed E-state index contributed by atoms with van der Waals surface area (Å²) in [6.07, 6.45) is 0. The predicted molar refractivity (Wildman–Crippen MR) is 69.3 cm³/mol. The van der Waals surface area contributed by atoms with E-state index in [9.17, 15) is 23.2 Å². The third kappa shape index (κ3) is 11.8. The van der Waals surface area contributed by atoms with Crippen LogP contribution < -0.4 is 0 Å². The van der Waals surface area contributed by atoms with E-state index < -0.39 is 36.7 Å². The van der Waals surface area contributed by atoms with E-state index in [0.29, 0.717) is 6.66 Å². The van der Waals surface area contributed by atoms with Gasteiger partial charge in [0.25, 0.3) is 0 Å². The molecule has 4 N–H and O–H groups in total. The van der Waals surface area contributed by atoms with E-state index in [1.807, 2.05) is 0 Å². The summed E-state index contributed by atoms with van der Waals surface area (Å²) >= 11 is 0. The van der Waals surface area contributed by atoms with E-state index in [1.54, 1.807) is 0 Å². The molecule has 0 amide bonds. The van der Waals surface area contributed by atoms with Crippen LogP contribution >= 0.6 is 31.1 Å². The summed E-state index contributed by atoms with van der Waals surface area (Å²) in [5.74, 6) is 0. The molecular formula is C5H16O12P4. The van der Waals surface area contributed by atoms with Crippen LogP contribution in [0, 0.1) is 0 Å². The summed E-state index contributed by atoms with van der Waals surface area (Å²) in [5.41, 5.74) is -1.26. The molecule has 12 nitrogen and oxygen atoms in total. The summed E-state index contributed by atoms with van der Waals surface area (Å²) < 4.78 is 60.1. The van der Waals surface area contributed by atoms with Gasteiger partial charge in [0.05, 0.1) is 5.60 Å². The average Bonchev–Trinajstić information content (AvgIpc) is 1.83. The van der Waals surface area contributed by atoms with E-state index in [4.69, 9.17) is 14.7 Å². The molecule has 0 spiro atoms. The first-order valence-electron chi connectivity index (χ1n) is 4.96. The van der Waals surface area contributed by atoms with Crippen molar-refractivity contribution < 1.29 is 55.3 Å². The first kappa shape index (κ1) is 21.6. The number of phosphoric acid groups is 3. The molecule has 0 aliphatic carbocycles. The van der Waals surface area contributed by atoms with E-state index in [0.717, 1.165) is 0 Å². The largest absolute Gasteiger partial charge is 0.490 e. The van der Waals surface area contributed by atoms with Gasteiger partial charge in [-0.15, -0.1) is 0 Å². The highest BCUT2D eigenvalue weighted by Gasteiger charge is 2.45. The molecule has 16 heteroatoms. The van der Waals surface area contributed by atoms with Gasteiger partial charge in [0, 0.05) is 6.66 Å². The Morgan fingerprint density at radius 1 is 0.714 bits per heavy atom. The van der Waals surface area contributed by atoms with Crippen LogP contribution in [0.15, 0.2) is 0 Å². The smallest absolute Gasteiger partial charge is 0.324 e. The fourth-order valence-electron chi connectivity index (χ4n) is 0.845. The molecule has 0 saturated heterocycles. The summed E-state index contributed by atoms with van der Waals surface area (Å²) in [7, 11) is -20.8. The maximum atomic E-state index is 11.4. The lowest BCUT2D eigenvalue weighted by molar-refractivity contribution is 0.0788. The standard InChI is InChI=1S/C5H16O12P4/c1-5(2,3)14-19(8,9)16-21(12,13)17-20(10,11)15-18(4,6)7/h1-4H3,(H,6,7)(H,8,9)(H,10,11)(H,12,13). The number of phosphoric ester groups is 1. The highest BCUT2D eigenvalue weighted by atomic mass is 31.3. The Balaban J connectivity index is 5.01. The van der Waals surface area contributed by atoms with Crippen LogP contribution in [-0.2, 0) is 35.7 Å². The molecular weight excluding hydrogens is 376 g/mol. The zero-order chi connectivity index (χ0) is 17.3. The Labute approximate surface area is 120 Å². The van der Waals surface area contributed by atoms with E-state index in [1.165, 1.54) is 20.8 Å². The quantitative estimate of drug-likeness (QED) is 0.462. The first-order valence-corrected chi connectivity index (χ1v) is 11.5. The third-order valence-electron chi connectivity index (χ3n) is 1.06. The Hall–Kier alpha value is 0.600. The van der Waals surface area contributed by atoms with E-state index in [2.05, 4.69) is 17.5 Å². The molecule has 4 unspecified atom stereocenters. The number of hydrogen-bond donors (Lipinski definition) is 4. The monoisotopic (exact) mass is 392 g/mol. The minimum absolute atomic E-state index is 0.502. The predicted octanol–water partition coefficient (Wildman–Crippen LogP) is 1.97. The van der Waals surface area contributed by atoms with Crippen molar-refractivity contribution in [3.05, 3.63) is 0 Å². The van der Waals surface area contributed by atoms with Crippen molar-refractivity contribution in [1.82, 2.24) is 0 Å². The lowest BCUT2D eigenvalue weighted by Crippen LogP contribution is -2.17. The zero-order valence-corrected chi connectivity index (χ0v) is 14.9. The Morgan fingerprint density at radius 2 is 1.05 bits per heavy atom. The van der Waals surface area contributed by atoms with Crippen LogP contribution in [0.5, 0.6) is 0 Å². The van der Waals surface area contributed by atoms with Gasteiger partial charge >= 0.3 is 31.1 Å². The maximum Gasteiger partial charge on any atom is 0.490 e. The van der Waals surface area contributed by atoms with E-state index in [-0.39, 0.29) is 0 Å². The van der Waals surface area contributed by atoms with Crippen molar-refractivity contribution in [3.63, 3.8) is 0 Å². The average molecular weight is 392 g/mol. The molecule has 0 radical (unpaired) electrons. The molecule has 0 saturated carbocycles. The lowest BCUT2D eigenvalue weighted by Gasteiger charge is -2.24. The van der Waals surface area contributed by atoms with Crippen LogP contribution in [0.1, 0.15) is 20.8 Å². The molecule has 0 aliphatic heterocycles. The summed E-state index contributed by atoms with van der Waals surface area (Å²) in [5, 5.41) is 0. The molecule has 0 aromatic carbocycles. The van der Waals surface area contributed by atoms with Crippen LogP contribution in [0.3, 0.4) is 0 Å². The molecule has 0 aromatic heterocycles. The molecule has 128 valence electrons. The summed E-state index contributed by atoms with van der Waals surface area (Å²) in [4.78, 5) is 36.0. The molecule has 0 aromatic rings. The fourth-order valence-corrected chi connectivity index (χ4v) is 6.06. The Bertz CT molecular complexity index is 554. The molecule has 0 rings (SSSR count). The summed E-state index contributed by atoms with van der Waals surface area (Å²) in [6.45, 7) is 4.46. The van der Waals surface area contributed by atoms with Crippen LogP contribution in [0.25, 0.3) is 0 Å².